The topological polar surface area (TPSA) is 59.8 Å². The molecule has 0 saturated heterocycles. The summed E-state index contributed by atoms with van der Waals surface area (Å²) in [5.41, 5.74) is 2.94. The molecule has 1 fully saturated rings. The molecular weight excluding hydrogens is 414 g/mol. The molecular formula is C28H33NO4. The zero-order chi connectivity index (χ0) is 23.4. The van der Waals surface area contributed by atoms with Gasteiger partial charge in [-0.1, -0.05) is 57.5 Å². The number of ether oxygens (including phenoxy) is 1. The molecule has 0 bridgehead atoms. The maximum atomic E-state index is 13.5. The molecule has 2 unspecified atom stereocenters. The van der Waals surface area contributed by atoms with Gasteiger partial charge in [-0.3, -0.25) is 4.79 Å². The molecule has 0 spiro atoms. The molecule has 0 aliphatic heterocycles. The number of hydrogen-bond donors (Lipinski definition) is 0. The molecule has 3 aromatic rings. The minimum Gasteiger partial charge on any atom is -0.461 e. The van der Waals surface area contributed by atoms with Crippen molar-refractivity contribution in [2.75, 3.05) is 26.2 Å². The predicted octanol–water partition coefficient (Wildman–Crippen LogP) is 5.52. The minimum atomic E-state index is -0.407. The highest BCUT2D eigenvalue weighted by Gasteiger charge is 2.43. The third-order valence-electron chi connectivity index (χ3n) is 6.64. The molecule has 1 aliphatic rings. The van der Waals surface area contributed by atoms with Crippen LogP contribution in [0.1, 0.15) is 72.7 Å². The van der Waals surface area contributed by atoms with Gasteiger partial charge in [-0.15, -0.1) is 0 Å². The van der Waals surface area contributed by atoms with Gasteiger partial charge in [-0.25, -0.2) is 4.79 Å². The van der Waals surface area contributed by atoms with E-state index in [0.29, 0.717) is 42.0 Å². The molecule has 0 N–H and O–H groups in total. The second-order valence-electron chi connectivity index (χ2n) is 8.76. The SMILES string of the molecule is CCCc1c(C2CC2c2ccccc2)oc2ccc(C(=O)OCCN(CC)CC)cc2c1=O. The van der Waals surface area contributed by atoms with Gasteiger partial charge in [-0.05, 0) is 55.6 Å². The normalized spacial score (nSPS) is 17.5. The third-order valence-corrected chi connectivity index (χ3v) is 6.64. The van der Waals surface area contributed by atoms with E-state index in [1.165, 1.54) is 5.56 Å². The molecule has 5 heteroatoms. The molecule has 5 nitrogen and oxygen atoms in total. The Bertz CT molecular complexity index is 1160. The number of nitrogens with zero attached hydrogens (tertiary/aromatic N) is 1. The smallest absolute Gasteiger partial charge is 0.338 e. The highest BCUT2D eigenvalue weighted by Crippen LogP contribution is 2.55. The van der Waals surface area contributed by atoms with Crippen molar-refractivity contribution in [3.8, 4) is 0 Å². The zero-order valence-electron chi connectivity index (χ0n) is 19.8. The summed E-state index contributed by atoms with van der Waals surface area (Å²) in [6.07, 6.45) is 2.52. The largest absolute Gasteiger partial charge is 0.461 e. The van der Waals surface area contributed by atoms with Gasteiger partial charge in [0.25, 0.3) is 0 Å². The van der Waals surface area contributed by atoms with Gasteiger partial charge >= 0.3 is 5.97 Å². The van der Waals surface area contributed by atoms with E-state index in [0.717, 1.165) is 37.3 Å². The molecule has 2 aromatic carbocycles. The number of esters is 1. The second-order valence-corrected chi connectivity index (χ2v) is 8.76. The summed E-state index contributed by atoms with van der Waals surface area (Å²) >= 11 is 0. The molecule has 1 heterocycles. The number of carbonyl (C=O) groups excluding carboxylic acids is 1. The highest BCUT2D eigenvalue weighted by atomic mass is 16.5. The summed E-state index contributed by atoms with van der Waals surface area (Å²) in [7, 11) is 0. The lowest BCUT2D eigenvalue weighted by Crippen LogP contribution is -2.27. The maximum Gasteiger partial charge on any atom is 0.338 e. The standard InChI is InChI=1S/C28H33NO4/c1-4-10-21-26(30)24-17-20(28(31)32-16-15-29(5-2)6-3)13-14-25(24)33-27(21)23-18-22(23)19-11-8-7-9-12-19/h7-9,11-14,17,22-23H,4-6,10,15-16,18H2,1-3H3. The average Bonchev–Trinajstić information content (AvgIpc) is 3.64. The van der Waals surface area contributed by atoms with E-state index in [-0.39, 0.29) is 11.3 Å². The van der Waals surface area contributed by atoms with Gasteiger partial charge in [-0.2, -0.15) is 0 Å². The molecule has 1 aliphatic carbocycles. The van der Waals surface area contributed by atoms with Gasteiger partial charge < -0.3 is 14.1 Å². The quantitative estimate of drug-likeness (QED) is 0.383. The van der Waals surface area contributed by atoms with Crippen LogP contribution in [-0.2, 0) is 11.2 Å². The van der Waals surface area contributed by atoms with Crippen LogP contribution in [0.4, 0.5) is 0 Å². The Morgan fingerprint density at radius 3 is 2.52 bits per heavy atom. The highest BCUT2D eigenvalue weighted by molar-refractivity contribution is 5.94. The number of fused-ring (bicyclic) bond motifs is 1. The van der Waals surface area contributed by atoms with E-state index in [2.05, 4.69) is 49.9 Å². The summed E-state index contributed by atoms with van der Waals surface area (Å²) in [4.78, 5) is 28.2. The Labute approximate surface area is 195 Å². The van der Waals surface area contributed by atoms with Crippen LogP contribution in [0.25, 0.3) is 11.0 Å². The van der Waals surface area contributed by atoms with Crippen LogP contribution in [0.2, 0.25) is 0 Å². The first-order valence-electron chi connectivity index (χ1n) is 12.1. The molecule has 33 heavy (non-hydrogen) atoms. The minimum absolute atomic E-state index is 0.0235. The number of rotatable bonds is 10. The van der Waals surface area contributed by atoms with Gasteiger partial charge in [0.15, 0.2) is 5.43 Å². The monoisotopic (exact) mass is 447 g/mol. The molecule has 0 radical (unpaired) electrons. The lowest BCUT2D eigenvalue weighted by molar-refractivity contribution is 0.0466. The van der Waals surface area contributed by atoms with E-state index in [9.17, 15) is 9.59 Å². The van der Waals surface area contributed by atoms with E-state index >= 15 is 0 Å². The molecule has 0 amide bonds. The summed E-state index contributed by atoms with van der Waals surface area (Å²) in [5.74, 6) is 1.03. The van der Waals surface area contributed by atoms with Crippen LogP contribution in [0.5, 0.6) is 0 Å². The predicted molar refractivity (Wildman–Crippen MR) is 131 cm³/mol. The molecule has 174 valence electrons. The molecule has 4 rings (SSSR count). The van der Waals surface area contributed by atoms with Crippen molar-refractivity contribution in [1.82, 2.24) is 4.90 Å². The van der Waals surface area contributed by atoms with Crippen LogP contribution in [-0.4, -0.2) is 37.1 Å². The van der Waals surface area contributed by atoms with Crippen molar-refractivity contribution in [3.63, 3.8) is 0 Å². The van der Waals surface area contributed by atoms with Crippen LogP contribution in [0.3, 0.4) is 0 Å². The molecule has 2 atom stereocenters. The Morgan fingerprint density at radius 1 is 1.06 bits per heavy atom. The van der Waals surface area contributed by atoms with E-state index in [1.54, 1.807) is 18.2 Å². The van der Waals surface area contributed by atoms with E-state index in [4.69, 9.17) is 9.15 Å². The Balaban J connectivity index is 1.59. The van der Waals surface area contributed by atoms with Crippen LogP contribution >= 0.6 is 0 Å². The van der Waals surface area contributed by atoms with Crippen molar-refractivity contribution in [2.45, 2.75) is 51.9 Å². The number of benzene rings is 2. The first-order valence-corrected chi connectivity index (χ1v) is 12.1. The fourth-order valence-corrected chi connectivity index (χ4v) is 4.61. The fraction of sp³-hybridized carbons (Fsp3) is 0.429. The van der Waals surface area contributed by atoms with Gasteiger partial charge in [0, 0.05) is 18.0 Å². The first-order chi connectivity index (χ1) is 16.1. The molecule has 1 aromatic heterocycles. The summed E-state index contributed by atoms with van der Waals surface area (Å²) in [5, 5.41) is 0.456. The summed E-state index contributed by atoms with van der Waals surface area (Å²) in [6, 6.07) is 15.5. The van der Waals surface area contributed by atoms with Crippen LogP contribution in [0.15, 0.2) is 57.7 Å². The third kappa shape index (κ3) is 5.03. The van der Waals surface area contributed by atoms with Gasteiger partial charge in [0.05, 0.1) is 10.9 Å². The fourth-order valence-electron chi connectivity index (χ4n) is 4.61. The van der Waals surface area contributed by atoms with Crippen LogP contribution in [0, 0.1) is 0 Å². The Kier molecular flexibility index (Phi) is 7.29. The zero-order valence-corrected chi connectivity index (χ0v) is 19.8. The van der Waals surface area contributed by atoms with E-state index in [1.807, 2.05) is 6.07 Å². The van der Waals surface area contributed by atoms with Crippen molar-refractivity contribution in [3.05, 3.63) is 81.2 Å². The lowest BCUT2D eigenvalue weighted by atomic mass is 10.0. The maximum absolute atomic E-state index is 13.5. The van der Waals surface area contributed by atoms with Crippen molar-refractivity contribution in [1.29, 1.82) is 0 Å². The number of carbonyl (C=O) groups is 1. The first kappa shape index (κ1) is 23.2. The lowest BCUT2D eigenvalue weighted by Gasteiger charge is -2.17. The van der Waals surface area contributed by atoms with Gasteiger partial charge in [0.2, 0.25) is 0 Å². The number of hydrogen-bond acceptors (Lipinski definition) is 5. The average molecular weight is 448 g/mol. The van der Waals surface area contributed by atoms with Crippen molar-refractivity contribution in [2.24, 2.45) is 0 Å². The second kappa shape index (κ2) is 10.3. The Morgan fingerprint density at radius 2 is 1.82 bits per heavy atom. The van der Waals surface area contributed by atoms with Crippen molar-refractivity contribution < 1.29 is 13.9 Å². The van der Waals surface area contributed by atoms with Crippen LogP contribution < -0.4 is 5.43 Å². The van der Waals surface area contributed by atoms with Gasteiger partial charge in [0.1, 0.15) is 18.0 Å². The Hall–Kier alpha value is -2.92. The van der Waals surface area contributed by atoms with E-state index < -0.39 is 5.97 Å². The van der Waals surface area contributed by atoms with Crippen molar-refractivity contribution >= 4 is 16.9 Å². The summed E-state index contributed by atoms with van der Waals surface area (Å²) < 4.78 is 11.8. The molecule has 1 saturated carbocycles. The number of likely N-dealkylation sites (N-methyl/N-ethyl adjacent to an activating group) is 1. The summed E-state index contributed by atoms with van der Waals surface area (Å²) in [6.45, 7) is 9.09.